The summed E-state index contributed by atoms with van der Waals surface area (Å²) in [5.74, 6) is 0.264. The molecule has 244 valence electrons. The molecule has 5 aromatic rings. The molecule has 0 saturated carbocycles. The van der Waals surface area contributed by atoms with Crippen LogP contribution in [0.1, 0.15) is 60.9 Å². The molecular formula is C46H40N4. The van der Waals surface area contributed by atoms with E-state index in [1.165, 1.54) is 77.3 Å². The first-order valence-corrected chi connectivity index (χ1v) is 18.5. The lowest BCUT2D eigenvalue weighted by molar-refractivity contribution is 0.334. The topological polar surface area (TPSA) is 32.2 Å². The summed E-state index contributed by atoms with van der Waals surface area (Å²) in [6.07, 6.45) is 28.2. The van der Waals surface area contributed by atoms with Gasteiger partial charge in [-0.2, -0.15) is 0 Å². The zero-order valence-electron chi connectivity index (χ0n) is 28.1. The van der Waals surface area contributed by atoms with Gasteiger partial charge in [-0.25, -0.2) is 0 Å². The van der Waals surface area contributed by atoms with Gasteiger partial charge in [-0.1, -0.05) is 97.1 Å². The maximum absolute atomic E-state index is 4.13. The third-order valence-corrected chi connectivity index (χ3v) is 11.9. The van der Waals surface area contributed by atoms with Gasteiger partial charge in [-0.15, -0.1) is 0 Å². The summed E-state index contributed by atoms with van der Waals surface area (Å²) in [5, 5.41) is 14.7. The highest BCUT2D eigenvalue weighted by atomic mass is 15.3. The van der Waals surface area contributed by atoms with Crippen molar-refractivity contribution < 1.29 is 0 Å². The number of aromatic nitrogens is 1. The average Bonchev–Trinajstić information content (AvgIpc) is 3.68. The summed E-state index contributed by atoms with van der Waals surface area (Å²) >= 11 is 0. The number of hydrogen-bond donors (Lipinski definition) is 2. The fraction of sp³-hybridized carbons (Fsp3) is 0.217. The largest absolute Gasteiger partial charge is 0.373 e. The summed E-state index contributed by atoms with van der Waals surface area (Å²) in [4.78, 5) is 2.65. The van der Waals surface area contributed by atoms with Gasteiger partial charge in [-0.05, 0) is 108 Å². The van der Waals surface area contributed by atoms with Crippen LogP contribution >= 0.6 is 0 Å². The normalized spacial score (nSPS) is 24.3. The van der Waals surface area contributed by atoms with Crippen LogP contribution in [-0.2, 0) is 6.42 Å². The Bertz CT molecular complexity index is 2540. The molecule has 2 aliphatic heterocycles. The van der Waals surface area contributed by atoms with Crippen molar-refractivity contribution in [2.75, 3.05) is 4.90 Å². The maximum Gasteiger partial charge on any atom is 0.128 e. The Kier molecular flexibility index (Phi) is 6.25. The van der Waals surface area contributed by atoms with E-state index in [0.717, 1.165) is 38.5 Å². The van der Waals surface area contributed by atoms with E-state index in [9.17, 15) is 0 Å². The lowest BCUT2D eigenvalue weighted by Gasteiger charge is -2.40. The van der Waals surface area contributed by atoms with E-state index in [4.69, 9.17) is 0 Å². The van der Waals surface area contributed by atoms with E-state index in [-0.39, 0.29) is 24.2 Å². The summed E-state index contributed by atoms with van der Waals surface area (Å²) in [7, 11) is 0. The van der Waals surface area contributed by atoms with Crippen molar-refractivity contribution in [1.29, 1.82) is 0 Å². The first-order chi connectivity index (χ1) is 24.8. The van der Waals surface area contributed by atoms with Crippen LogP contribution in [0, 0.1) is 0 Å². The van der Waals surface area contributed by atoms with E-state index in [0.29, 0.717) is 0 Å². The lowest BCUT2D eigenvalue weighted by atomic mass is 9.83. The van der Waals surface area contributed by atoms with E-state index in [2.05, 4.69) is 154 Å². The zero-order valence-corrected chi connectivity index (χ0v) is 28.1. The Morgan fingerprint density at radius 2 is 1.56 bits per heavy atom. The van der Waals surface area contributed by atoms with Crippen LogP contribution in [-0.4, -0.2) is 16.7 Å². The van der Waals surface area contributed by atoms with E-state index in [1.54, 1.807) is 0 Å². The SMILES string of the molecule is C1=CC(C2NC3=C(CCC=C3)NC2n2c3c(c4ccccc42)=CC2c4c(ccc5c4CCC=C5)N(c4ccc5ccccc5c4)C2C=3)=CCC1. The minimum absolute atomic E-state index is 0.0277. The van der Waals surface area contributed by atoms with Gasteiger partial charge < -0.3 is 20.1 Å². The monoisotopic (exact) mass is 648 g/mol. The molecule has 0 bridgehead atoms. The summed E-state index contributed by atoms with van der Waals surface area (Å²) in [5.41, 5.74) is 12.3. The Morgan fingerprint density at radius 1 is 0.700 bits per heavy atom. The molecule has 0 amide bonds. The highest BCUT2D eigenvalue weighted by molar-refractivity contribution is 5.92. The van der Waals surface area contributed by atoms with Crippen LogP contribution in [0.2, 0.25) is 0 Å². The molecule has 4 aromatic carbocycles. The Hall–Kier alpha value is -5.48. The van der Waals surface area contributed by atoms with Crippen molar-refractivity contribution >= 4 is 51.3 Å². The molecule has 3 heterocycles. The number of allylic oxidation sites excluding steroid dienone is 6. The number of rotatable bonds is 3. The standard InChI is InChI=1S/C46H40N4/c1-2-14-31(15-3-1)45-46(48-39-20-10-9-19-38(39)47-45)50-40-21-11-8-18-35(40)36-27-37-43(28-42(36)50)49(33-24-22-29-12-4-5-16-32(29)26-33)41-25-23-30-13-6-7-17-34(30)44(37)41/h2,4-6,8-9,11-16,18-19,21-28,37,43,45-48H,1,3,7,10,17,20H2. The molecule has 11 rings (SSSR count). The second kappa shape index (κ2) is 11.0. The molecule has 4 nitrogen and oxygen atoms in total. The number of hydrogen-bond acceptors (Lipinski definition) is 3. The predicted molar refractivity (Wildman–Crippen MR) is 207 cm³/mol. The van der Waals surface area contributed by atoms with E-state index in [1.807, 2.05) is 0 Å². The van der Waals surface area contributed by atoms with Crippen LogP contribution in [0.4, 0.5) is 11.4 Å². The van der Waals surface area contributed by atoms with Crippen LogP contribution in [0.5, 0.6) is 0 Å². The highest BCUT2D eigenvalue weighted by Crippen LogP contribution is 2.51. The number of nitrogens with zero attached hydrogens (tertiary/aromatic N) is 2. The molecule has 0 spiro atoms. The third kappa shape index (κ3) is 4.17. The highest BCUT2D eigenvalue weighted by Gasteiger charge is 2.42. The van der Waals surface area contributed by atoms with Gasteiger partial charge in [0.1, 0.15) is 6.17 Å². The van der Waals surface area contributed by atoms with Gasteiger partial charge in [-0.3, -0.25) is 0 Å². The second-order valence-electron chi connectivity index (χ2n) is 14.7. The summed E-state index contributed by atoms with van der Waals surface area (Å²) in [6, 6.07) is 29.9. The first-order valence-electron chi connectivity index (χ1n) is 18.5. The average molecular weight is 649 g/mol. The van der Waals surface area contributed by atoms with Crippen LogP contribution < -0.4 is 26.1 Å². The van der Waals surface area contributed by atoms with Crippen molar-refractivity contribution in [2.45, 2.75) is 62.7 Å². The molecule has 4 heteroatoms. The molecule has 0 radical (unpaired) electrons. The smallest absolute Gasteiger partial charge is 0.128 e. The number of fused-ring (bicyclic) bond motifs is 9. The van der Waals surface area contributed by atoms with Crippen molar-refractivity contribution in [3.05, 3.63) is 160 Å². The molecule has 4 aliphatic carbocycles. The van der Waals surface area contributed by atoms with Crippen LogP contribution in [0.25, 0.3) is 39.9 Å². The van der Waals surface area contributed by atoms with Gasteiger partial charge in [0.25, 0.3) is 0 Å². The fourth-order valence-electron chi connectivity index (χ4n) is 9.71. The van der Waals surface area contributed by atoms with Crippen molar-refractivity contribution in [3.8, 4) is 0 Å². The Balaban J connectivity index is 1.16. The maximum atomic E-state index is 4.13. The number of para-hydroxylation sites is 1. The first kappa shape index (κ1) is 28.4. The van der Waals surface area contributed by atoms with Crippen molar-refractivity contribution in [1.82, 2.24) is 15.2 Å². The number of anilines is 2. The van der Waals surface area contributed by atoms with Crippen molar-refractivity contribution in [3.63, 3.8) is 0 Å². The fourth-order valence-corrected chi connectivity index (χ4v) is 9.71. The molecule has 4 unspecified atom stereocenters. The van der Waals surface area contributed by atoms with Crippen LogP contribution in [0.3, 0.4) is 0 Å². The van der Waals surface area contributed by atoms with Gasteiger partial charge >= 0.3 is 0 Å². The third-order valence-electron chi connectivity index (χ3n) is 11.9. The van der Waals surface area contributed by atoms with Crippen LogP contribution in [0.15, 0.2) is 132 Å². The van der Waals surface area contributed by atoms with E-state index < -0.39 is 0 Å². The molecule has 4 atom stereocenters. The van der Waals surface area contributed by atoms with Gasteiger partial charge in [0, 0.05) is 38.9 Å². The molecule has 1 aromatic heterocycles. The van der Waals surface area contributed by atoms with Gasteiger partial charge in [0.15, 0.2) is 0 Å². The molecule has 50 heavy (non-hydrogen) atoms. The molecular weight excluding hydrogens is 609 g/mol. The zero-order chi connectivity index (χ0) is 32.8. The molecule has 2 N–H and O–H groups in total. The number of benzene rings is 4. The van der Waals surface area contributed by atoms with Gasteiger partial charge in [0.2, 0.25) is 0 Å². The van der Waals surface area contributed by atoms with Gasteiger partial charge in [0.05, 0.1) is 23.3 Å². The molecule has 0 fully saturated rings. The lowest BCUT2D eigenvalue weighted by Crippen LogP contribution is -2.54. The number of nitrogens with one attached hydrogen (secondary N) is 2. The Morgan fingerprint density at radius 3 is 2.50 bits per heavy atom. The quantitative estimate of drug-likeness (QED) is 0.206. The molecule has 0 saturated heterocycles. The molecule has 6 aliphatic rings. The predicted octanol–water partition coefficient (Wildman–Crippen LogP) is 8.53. The minimum atomic E-state index is 0.0277. The second-order valence-corrected chi connectivity index (χ2v) is 14.7. The minimum Gasteiger partial charge on any atom is -0.373 e. The Labute approximate surface area is 292 Å². The summed E-state index contributed by atoms with van der Waals surface area (Å²) in [6.45, 7) is 0. The summed E-state index contributed by atoms with van der Waals surface area (Å²) < 4.78 is 2.64. The van der Waals surface area contributed by atoms with Crippen molar-refractivity contribution in [2.24, 2.45) is 0 Å². The van der Waals surface area contributed by atoms with E-state index >= 15 is 0 Å².